The molecule has 0 spiro atoms. The summed E-state index contributed by atoms with van der Waals surface area (Å²) in [6.07, 6.45) is 6.42. The maximum absolute atomic E-state index is 6.48. The predicted molar refractivity (Wildman–Crippen MR) is 235 cm³/mol. The number of allylic oxidation sites excluding steroid dienone is 4. The van der Waals surface area contributed by atoms with E-state index in [-0.39, 0.29) is 0 Å². The Kier molecular flexibility index (Phi) is 7.53. The van der Waals surface area contributed by atoms with Gasteiger partial charge in [0.15, 0.2) is 0 Å². The molecule has 0 N–H and O–H groups in total. The van der Waals surface area contributed by atoms with Crippen molar-refractivity contribution in [1.82, 2.24) is 0 Å². The molecule has 0 amide bonds. The zero-order valence-corrected chi connectivity index (χ0v) is 30.9. The van der Waals surface area contributed by atoms with E-state index in [9.17, 15) is 0 Å². The molecule has 55 heavy (non-hydrogen) atoms. The molecule has 2 heterocycles. The monoisotopic (exact) mass is 721 g/mol. The second-order valence-electron chi connectivity index (χ2n) is 14.4. The van der Waals surface area contributed by atoms with Crippen LogP contribution in [0.1, 0.15) is 18.4 Å². The molecular formula is C52H35NOS. The first-order chi connectivity index (χ1) is 27.2. The fraction of sp³-hybridized carbons (Fsp3) is 0.0385. The number of fused-ring (bicyclic) bond motifs is 7. The van der Waals surface area contributed by atoms with Gasteiger partial charge in [-0.2, -0.15) is 0 Å². The van der Waals surface area contributed by atoms with Crippen molar-refractivity contribution in [2.45, 2.75) is 12.8 Å². The second-order valence-corrected chi connectivity index (χ2v) is 15.5. The number of rotatable bonds is 6. The van der Waals surface area contributed by atoms with Crippen molar-refractivity contribution >= 4 is 81.2 Å². The number of hydrogen-bond donors (Lipinski definition) is 0. The number of nitrogens with zero attached hydrogens (tertiary/aromatic N) is 1. The first kappa shape index (κ1) is 31.8. The van der Waals surface area contributed by atoms with Crippen LogP contribution in [0.25, 0.3) is 80.7 Å². The summed E-state index contributed by atoms with van der Waals surface area (Å²) < 4.78 is 9.11. The Bertz CT molecular complexity index is 3180. The first-order valence-corrected chi connectivity index (χ1v) is 19.8. The van der Waals surface area contributed by atoms with Gasteiger partial charge < -0.3 is 9.32 Å². The number of furan rings is 1. The van der Waals surface area contributed by atoms with E-state index in [4.69, 9.17) is 4.42 Å². The first-order valence-electron chi connectivity index (χ1n) is 19.0. The van der Waals surface area contributed by atoms with Crippen molar-refractivity contribution in [3.05, 3.63) is 199 Å². The molecule has 10 aromatic rings. The third-order valence-electron chi connectivity index (χ3n) is 11.2. The highest BCUT2D eigenvalue weighted by Crippen LogP contribution is 2.45. The van der Waals surface area contributed by atoms with Gasteiger partial charge in [-0.05, 0) is 94.4 Å². The molecule has 11 rings (SSSR count). The average molecular weight is 722 g/mol. The fourth-order valence-electron chi connectivity index (χ4n) is 8.50. The van der Waals surface area contributed by atoms with Crippen molar-refractivity contribution in [3.63, 3.8) is 0 Å². The van der Waals surface area contributed by atoms with Crippen LogP contribution in [0.3, 0.4) is 0 Å². The number of para-hydroxylation sites is 3. The number of hydrogen-bond acceptors (Lipinski definition) is 3. The normalized spacial score (nSPS) is 13.2. The second kappa shape index (κ2) is 13.0. The molecule has 1 aliphatic rings. The summed E-state index contributed by atoms with van der Waals surface area (Å²) in [7, 11) is 0. The summed E-state index contributed by atoms with van der Waals surface area (Å²) in [4.78, 5) is 2.49. The van der Waals surface area contributed by atoms with E-state index >= 15 is 0 Å². The molecule has 0 bridgehead atoms. The van der Waals surface area contributed by atoms with Crippen LogP contribution in [0.4, 0.5) is 11.4 Å². The van der Waals surface area contributed by atoms with E-state index in [2.05, 4.69) is 187 Å². The van der Waals surface area contributed by atoms with E-state index < -0.39 is 0 Å². The van der Waals surface area contributed by atoms with E-state index in [0.29, 0.717) is 0 Å². The van der Waals surface area contributed by atoms with Crippen LogP contribution in [-0.2, 0) is 0 Å². The molecular weight excluding hydrogens is 687 g/mol. The van der Waals surface area contributed by atoms with Gasteiger partial charge in [0.2, 0.25) is 0 Å². The summed E-state index contributed by atoms with van der Waals surface area (Å²) in [5.41, 5.74) is 12.8. The Balaban J connectivity index is 1.06. The van der Waals surface area contributed by atoms with E-state index in [0.717, 1.165) is 35.1 Å². The van der Waals surface area contributed by atoms with Crippen molar-refractivity contribution in [2.24, 2.45) is 0 Å². The van der Waals surface area contributed by atoms with E-state index in [1.54, 1.807) is 0 Å². The summed E-state index contributed by atoms with van der Waals surface area (Å²) in [6, 6.07) is 63.9. The predicted octanol–water partition coefficient (Wildman–Crippen LogP) is 15.3. The molecule has 3 heteroatoms. The molecule has 0 saturated heterocycles. The van der Waals surface area contributed by atoms with Crippen molar-refractivity contribution in [1.29, 1.82) is 0 Å². The minimum Gasteiger partial charge on any atom is -0.455 e. The smallest absolute Gasteiger partial charge is 0.142 e. The standard InChI is InChI=1S/C52H35NOS/c1-2-12-36-31-38(24-23-34(36)11-1)37-13-9-14-41(32-37)53(40-28-25-35(26-29-40)43-18-10-19-47-44-16-4-7-21-49(44)54-52(43)47)48-20-6-3-15-42(48)39-27-30-46-45-17-5-8-22-50(45)55-51(46)33-39/h1-25,27-28,30-33H,26,29H2. The van der Waals surface area contributed by atoms with Gasteiger partial charge in [-0.15, -0.1) is 11.3 Å². The van der Waals surface area contributed by atoms with Gasteiger partial charge in [0.25, 0.3) is 0 Å². The maximum atomic E-state index is 6.48. The van der Waals surface area contributed by atoms with Crippen LogP contribution >= 0.6 is 11.3 Å². The summed E-state index contributed by atoms with van der Waals surface area (Å²) in [6.45, 7) is 0. The van der Waals surface area contributed by atoms with Crippen LogP contribution < -0.4 is 4.90 Å². The molecule has 2 aromatic heterocycles. The van der Waals surface area contributed by atoms with Crippen LogP contribution in [0, 0.1) is 0 Å². The summed E-state index contributed by atoms with van der Waals surface area (Å²) in [5, 5.41) is 7.46. The quantitative estimate of drug-likeness (QED) is 0.170. The zero-order chi connectivity index (χ0) is 36.3. The van der Waals surface area contributed by atoms with E-state index in [1.165, 1.54) is 81.1 Å². The van der Waals surface area contributed by atoms with Gasteiger partial charge >= 0.3 is 0 Å². The highest BCUT2D eigenvalue weighted by atomic mass is 32.1. The van der Waals surface area contributed by atoms with Crippen LogP contribution in [0.5, 0.6) is 0 Å². The Morgan fingerprint density at radius 2 is 1.18 bits per heavy atom. The van der Waals surface area contributed by atoms with Gasteiger partial charge in [-0.25, -0.2) is 0 Å². The molecule has 0 fully saturated rings. The molecule has 0 atom stereocenters. The molecule has 1 aliphatic carbocycles. The molecule has 0 unspecified atom stereocenters. The van der Waals surface area contributed by atoms with Crippen LogP contribution in [0.15, 0.2) is 198 Å². The number of benzene rings is 8. The number of thiophene rings is 1. The van der Waals surface area contributed by atoms with Gasteiger partial charge in [0.05, 0.1) is 5.69 Å². The highest BCUT2D eigenvalue weighted by Gasteiger charge is 2.23. The van der Waals surface area contributed by atoms with Crippen LogP contribution in [-0.4, -0.2) is 0 Å². The molecule has 8 aromatic carbocycles. The van der Waals surface area contributed by atoms with Gasteiger partial charge in [-0.3, -0.25) is 0 Å². The van der Waals surface area contributed by atoms with E-state index in [1.807, 2.05) is 17.4 Å². The van der Waals surface area contributed by atoms with Crippen molar-refractivity contribution in [2.75, 3.05) is 4.90 Å². The minimum absolute atomic E-state index is 0.881. The summed E-state index contributed by atoms with van der Waals surface area (Å²) in [5.74, 6) is 0. The maximum Gasteiger partial charge on any atom is 0.142 e. The molecule has 0 saturated carbocycles. The lowest BCUT2D eigenvalue weighted by Crippen LogP contribution is -2.18. The number of anilines is 2. The SMILES string of the molecule is C1=C(c2cccc3c2oc2ccccc23)CCC(N(c2cccc(-c3ccc4ccccc4c3)c2)c2ccccc2-c2ccc3c(c2)sc2ccccc23)=C1. The molecule has 260 valence electrons. The molecule has 0 radical (unpaired) electrons. The minimum atomic E-state index is 0.881. The largest absolute Gasteiger partial charge is 0.455 e. The Labute approximate surface area is 323 Å². The molecule has 0 aliphatic heterocycles. The average Bonchev–Trinajstić information content (AvgIpc) is 3.82. The zero-order valence-electron chi connectivity index (χ0n) is 30.1. The third-order valence-corrected chi connectivity index (χ3v) is 12.3. The van der Waals surface area contributed by atoms with Gasteiger partial charge in [0.1, 0.15) is 11.2 Å². The Hall–Kier alpha value is -6.68. The van der Waals surface area contributed by atoms with Gasteiger partial charge in [-0.1, -0.05) is 140 Å². The van der Waals surface area contributed by atoms with Crippen molar-refractivity contribution < 1.29 is 4.42 Å². The third kappa shape index (κ3) is 5.47. The van der Waals surface area contributed by atoms with Crippen LogP contribution in [0.2, 0.25) is 0 Å². The Morgan fingerprint density at radius 1 is 0.455 bits per heavy atom. The van der Waals surface area contributed by atoms with Gasteiger partial charge in [0, 0.05) is 53.5 Å². The Morgan fingerprint density at radius 3 is 2.11 bits per heavy atom. The lowest BCUT2D eigenvalue weighted by Gasteiger charge is -2.32. The highest BCUT2D eigenvalue weighted by molar-refractivity contribution is 7.25. The fourth-order valence-corrected chi connectivity index (χ4v) is 9.64. The lowest BCUT2D eigenvalue weighted by atomic mass is 9.93. The summed E-state index contributed by atoms with van der Waals surface area (Å²) >= 11 is 1.87. The van der Waals surface area contributed by atoms with Crippen molar-refractivity contribution in [3.8, 4) is 22.3 Å². The topological polar surface area (TPSA) is 16.4 Å². The lowest BCUT2D eigenvalue weighted by molar-refractivity contribution is 0.667. The molecule has 2 nitrogen and oxygen atoms in total.